The fourth-order valence-corrected chi connectivity index (χ4v) is 5.46. The molecule has 5 nitrogen and oxygen atoms in total. The zero-order valence-corrected chi connectivity index (χ0v) is 16.9. The van der Waals surface area contributed by atoms with E-state index in [1.807, 2.05) is 19.1 Å². The van der Waals surface area contributed by atoms with Gasteiger partial charge in [0.1, 0.15) is 18.2 Å². The summed E-state index contributed by atoms with van der Waals surface area (Å²) in [4.78, 5) is 28.1. The smallest absolute Gasteiger partial charge is 0.268 e. The number of anilines is 1. The molecule has 152 valence electrons. The molecule has 2 aromatic rings. The lowest BCUT2D eigenvalue weighted by Crippen LogP contribution is -2.51. The lowest BCUT2D eigenvalue weighted by molar-refractivity contribution is -0.143. The Balaban J connectivity index is 1.83. The fraction of sp³-hybridized carbons (Fsp3) is 0.333. The first-order chi connectivity index (χ1) is 13.9. The first-order valence-electron chi connectivity index (χ1n) is 9.19. The lowest BCUT2D eigenvalue weighted by Gasteiger charge is -2.33. The molecule has 2 aromatic carbocycles. The van der Waals surface area contributed by atoms with E-state index in [4.69, 9.17) is 4.74 Å². The van der Waals surface area contributed by atoms with E-state index in [-0.39, 0.29) is 30.5 Å². The summed E-state index contributed by atoms with van der Waals surface area (Å²) in [6.07, 6.45) is 0. The second kappa shape index (κ2) is 7.42. The number of nitrogens with zero attached hydrogens (tertiary/aromatic N) is 2. The van der Waals surface area contributed by atoms with Gasteiger partial charge in [-0.05, 0) is 25.1 Å². The molecule has 29 heavy (non-hydrogen) atoms. The van der Waals surface area contributed by atoms with Gasteiger partial charge < -0.3 is 14.5 Å². The third-order valence-corrected chi connectivity index (χ3v) is 6.72. The molecule has 2 amide bonds. The molecule has 0 N–H and O–H groups in total. The van der Waals surface area contributed by atoms with Crippen molar-refractivity contribution in [2.24, 2.45) is 0 Å². The molecule has 2 aliphatic heterocycles. The number of methoxy groups -OCH3 is 1. The van der Waals surface area contributed by atoms with E-state index in [1.165, 1.54) is 46.9 Å². The van der Waals surface area contributed by atoms with Crippen molar-refractivity contribution in [1.82, 2.24) is 4.90 Å². The summed E-state index contributed by atoms with van der Waals surface area (Å²) in [5.74, 6) is -1.50. The highest BCUT2D eigenvalue weighted by Gasteiger charge is 2.59. The first-order valence-corrected chi connectivity index (χ1v) is 10.2. The Morgan fingerprint density at radius 1 is 1.24 bits per heavy atom. The van der Waals surface area contributed by atoms with Gasteiger partial charge >= 0.3 is 0 Å². The normalized spacial score (nSPS) is 20.6. The summed E-state index contributed by atoms with van der Waals surface area (Å²) < 4.78 is 33.6. The second-order valence-corrected chi connectivity index (χ2v) is 8.37. The van der Waals surface area contributed by atoms with Crippen LogP contribution in [0.25, 0.3) is 0 Å². The molecule has 0 saturated carbocycles. The molecule has 8 heteroatoms. The number of hydrogen-bond acceptors (Lipinski definition) is 4. The molecule has 1 saturated heterocycles. The van der Waals surface area contributed by atoms with Crippen LogP contribution in [0.3, 0.4) is 0 Å². The third-order valence-electron chi connectivity index (χ3n) is 5.30. The summed E-state index contributed by atoms with van der Waals surface area (Å²) in [6, 6.07) is 9.12. The molecule has 4 rings (SSSR count). The number of benzene rings is 2. The standard InChI is InChI=1S/C21H20F2N2O3S/c1-13-6-7-18-15(10-13)21(25(8-9-29-21)19(26)12-28-2)20(27)24(18)11-14-16(22)4-3-5-17(14)23/h3-7,10H,8-9,11-12H2,1-2H3/t21-/m0/s1. The highest BCUT2D eigenvalue weighted by atomic mass is 32.2. The minimum Gasteiger partial charge on any atom is -0.375 e. The van der Waals surface area contributed by atoms with Crippen LogP contribution >= 0.6 is 11.8 Å². The number of aryl methyl sites for hydroxylation is 1. The zero-order chi connectivity index (χ0) is 20.8. The number of fused-ring (bicyclic) bond motifs is 2. The van der Waals surface area contributed by atoms with E-state index in [9.17, 15) is 18.4 Å². The average molecular weight is 418 g/mol. The minimum atomic E-state index is -1.24. The van der Waals surface area contributed by atoms with Gasteiger partial charge in [-0.3, -0.25) is 9.59 Å². The monoisotopic (exact) mass is 418 g/mol. The average Bonchev–Trinajstić information content (AvgIpc) is 3.22. The van der Waals surface area contributed by atoms with E-state index in [0.29, 0.717) is 23.5 Å². The van der Waals surface area contributed by atoms with E-state index >= 15 is 0 Å². The van der Waals surface area contributed by atoms with Gasteiger partial charge in [0.05, 0.1) is 12.2 Å². The number of carbonyl (C=O) groups is 2. The maximum Gasteiger partial charge on any atom is 0.268 e. The van der Waals surface area contributed by atoms with Crippen molar-refractivity contribution in [2.75, 3.05) is 30.9 Å². The van der Waals surface area contributed by atoms with Gasteiger partial charge in [-0.25, -0.2) is 8.78 Å². The Morgan fingerprint density at radius 2 is 1.97 bits per heavy atom. The molecule has 2 heterocycles. The quantitative estimate of drug-likeness (QED) is 0.765. The van der Waals surface area contributed by atoms with Crippen LogP contribution in [-0.4, -0.2) is 42.7 Å². The van der Waals surface area contributed by atoms with Gasteiger partial charge in [0.2, 0.25) is 5.91 Å². The SMILES string of the molecule is COCC(=O)N1CCS[C@@]12C(=O)N(Cc1c(F)cccc1F)c1ccc(C)cc12. The molecular weight excluding hydrogens is 398 g/mol. The van der Waals surface area contributed by atoms with E-state index in [0.717, 1.165) is 5.56 Å². The maximum absolute atomic E-state index is 14.3. The predicted molar refractivity (Wildman–Crippen MR) is 106 cm³/mol. The minimum absolute atomic E-state index is 0.140. The number of amides is 2. The molecular formula is C21H20F2N2O3S. The number of carbonyl (C=O) groups excluding carboxylic acids is 2. The lowest BCUT2D eigenvalue weighted by atomic mass is 10.0. The summed E-state index contributed by atoms with van der Waals surface area (Å²) >= 11 is 1.37. The van der Waals surface area contributed by atoms with Crippen molar-refractivity contribution in [3.63, 3.8) is 0 Å². The molecule has 2 aliphatic rings. The summed E-state index contributed by atoms with van der Waals surface area (Å²) in [5, 5.41) is 0. The van der Waals surface area contributed by atoms with Crippen LogP contribution in [0.4, 0.5) is 14.5 Å². The summed E-state index contributed by atoms with van der Waals surface area (Å²) in [6.45, 7) is 1.91. The van der Waals surface area contributed by atoms with Crippen molar-refractivity contribution in [3.8, 4) is 0 Å². The van der Waals surface area contributed by atoms with Crippen LogP contribution in [0.1, 0.15) is 16.7 Å². The molecule has 1 fully saturated rings. The summed E-state index contributed by atoms with van der Waals surface area (Å²) in [5.41, 5.74) is 1.99. The second-order valence-electron chi connectivity index (χ2n) is 7.08. The summed E-state index contributed by atoms with van der Waals surface area (Å²) in [7, 11) is 1.43. The van der Waals surface area contributed by atoms with Crippen molar-refractivity contribution in [3.05, 3.63) is 64.7 Å². The zero-order valence-electron chi connectivity index (χ0n) is 16.1. The molecule has 0 aromatic heterocycles. The number of ether oxygens (including phenoxy) is 1. The Labute approximate surface area is 171 Å². The Bertz CT molecular complexity index is 980. The predicted octanol–water partition coefficient (Wildman–Crippen LogP) is 3.19. The topological polar surface area (TPSA) is 49.9 Å². The van der Waals surface area contributed by atoms with Gasteiger partial charge in [-0.2, -0.15) is 0 Å². The van der Waals surface area contributed by atoms with Crippen LogP contribution in [-0.2, 0) is 25.7 Å². The largest absolute Gasteiger partial charge is 0.375 e. The number of hydrogen-bond donors (Lipinski definition) is 0. The van der Waals surface area contributed by atoms with Crippen LogP contribution in [0.2, 0.25) is 0 Å². The van der Waals surface area contributed by atoms with E-state index in [1.54, 1.807) is 6.07 Å². The van der Waals surface area contributed by atoms with Gasteiger partial charge in [0.15, 0.2) is 4.87 Å². The van der Waals surface area contributed by atoms with Gasteiger partial charge in [-0.1, -0.05) is 23.8 Å². The number of thioether (sulfide) groups is 1. The molecule has 0 radical (unpaired) electrons. The molecule has 0 unspecified atom stereocenters. The van der Waals surface area contributed by atoms with Gasteiger partial charge in [-0.15, -0.1) is 11.8 Å². The van der Waals surface area contributed by atoms with Gasteiger partial charge in [0, 0.05) is 30.5 Å². The fourth-order valence-electron chi connectivity index (χ4n) is 3.98. The molecule has 1 atom stereocenters. The Hall–Kier alpha value is -2.45. The number of halogens is 2. The Kier molecular flexibility index (Phi) is 5.08. The molecule has 0 aliphatic carbocycles. The molecule has 1 spiro atoms. The van der Waals surface area contributed by atoms with E-state index < -0.39 is 16.5 Å². The van der Waals surface area contributed by atoms with Crippen molar-refractivity contribution in [2.45, 2.75) is 18.3 Å². The van der Waals surface area contributed by atoms with Crippen LogP contribution in [0.15, 0.2) is 36.4 Å². The van der Waals surface area contributed by atoms with Crippen LogP contribution < -0.4 is 4.90 Å². The van der Waals surface area contributed by atoms with Crippen molar-refractivity contribution < 1.29 is 23.1 Å². The van der Waals surface area contributed by atoms with Gasteiger partial charge in [0.25, 0.3) is 5.91 Å². The van der Waals surface area contributed by atoms with E-state index in [2.05, 4.69) is 0 Å². The number of rotatable bonds is 4. The first kappa shape index (κ1) is 19.8. The van der Waals surface area contributed by atoms with Crippen LogP contribution in [0.5, 0.6) is 0 Å². The third kappa shape index (κ3) is 3.02. The van der Waals surface area contributed by atoms with Crippen LogP contribution in [0, 0.1) is 18.6 Å². The van der Waals surface area contributed by atoms with Crippen molar-refractivity contribution >= 4 is 29.3 Å². The van der Waals surface area contributed by atoms with Crippen molar-refractivity contribution in [1.29, 1.82) is 0 Å². The highest BCUT2D eigenvalue weighted by molar-refractivity contribution is 8.01. The highest BCUT2D eigenvalue weighted by Crippen LogP contribution is 2.54. The maximum atomic E-state index is 14.3. The molecule has 0 bridgehead atoms. The Morgan fingerprint density at radius 3 is 2.66 bits per heavy atom.